The van der Waals surface area contributed by atoms with Crippen LogP contribution in [0.1, 0.15) is 19.5 Å². The molecular formula is C21H24N2O2S. The van der Waals surface area contributed by atoms with E-state index >= 15 is 0 Å². The van der Waals surface area contributed by atoms with Crippen LogP contribution >= 0.6 is 0 Å². The zero-order valence-electron chi connectivity index (χ0n) is 14.9. The second-order valence-corrected chi connectivity index (χ2v) is 7.30. The van der Waals surface area contributed by atoms with Crippen molar-refractivity contribution in [1.29, 1.82) is 0 Å². The molecule has 0 aliphatic carbocycles. The van der Waals surface area contributed by atoms with Crippen molar-refractivity contribution in [2.75, 3.05) is 4.72 Å². The molecule has 2 rings (SSSR count). The second-order valence-electron chi connectivity index (χ2n) is 5.61. The topological polar surface area (TPSA) is 59.1 Å². The zero-order valence-corrected chi connectivity index (χ0v) is 15.8. The highest BCUT2D eigenvalue weighted by molar-refractivity contribution is 7.96. The molecule has 0 saturated heterocycles. The minimum Gasteiger partial charge on any atom is -0.263 e. The molecule has 0 amide bonds. The van der Waals surface area contributed by atoms with Gasteiger partial charge in [0.25, 0.3) is 10.0 Å². The molecule has 0 aliphatic heterocycles. The SMILES string of the molecule is C=C/C=C(\C=C)S(=O)(=O)Nc1ccc(/C=C/C)c(-c2ccc(C)cc2)n1.[HH]. The summed E-state index contributed by atoms with van der Waals surface area (Å²) in [5.41, 5.74) is 3.67. The van der Waals surface area contributed by atoms with Gasteiger partial charge in [0.15, 0.2) is 0 Å². The lowest BCUT2D eigenvalue weighted by atomic mass is 10.0. The van der Waals surface area contributed by atoms with Gasteiger partial charge in [0, 0.05) is 12.6 Å². The quantitative estimate of drug-likeness (QED) is 0.672. The van der Waals surface area contributed by atoms with Gasteiger partial charge in [-0.3, -0.25) is 4.72 Å². The molecule has 5 heteroatoms. The molecule has 2 aromatic rings. The molecule has 0 aliphatic rings. The first-order chi connectivity index (χ1) is 12.4. The number of nitrogens with zero attached hydrogens (tertiary/aromatic N) is 1. The van der Waals surface area contributed by atoms with Crippen molar-refractivity contribution in [3.8, 4) is 11.3 Å². The molecule has 0 unspecified atom stereocenters. The van der Waals surface area contributed by atoms with Crippen molar-refractivity contribution in [1.82, 2.24) is 4.98 Å². The first-order valence-electron chi connectivity index (χ1n) is 8.10. The number of aromatic nitrogens is 1. The number of hydrogen-bond acceptors (Lipinski definition) is 3. The summed E-state index contributed by atoms with van der Waals surface area (Å²) in [6, 6.07) is 11.4. The van der Waals surface area contributed by atoms with Gasteiger partial charge < -0.3 is 0 Å². The Morgan fingerprint density at radius 3 is 2.42 bits per heavy atom. The van der Waals surface area contributed by atoms with Crippen molar-refractivity contribution >= 4 is 21.9 Å². The average Bonchev–Trinajstić information content (AvgIpc) is 2.61. The van der Waals surface area contributed by atoms with Gasteiger partial charge in [-0.1, -0.05) is 61.2 Å². The minimum atomic E-state index is -3.78. The number of hydrogen-bond donors (Lipinski definition) is 1. The van der Waals surface area contributed by atoms with Gasteiger partial charge in [-0.25, -0.2) is 13.4 Å². The summed E-state index contributed by atoms with van der Waals surface area (Å²) in [6.45, 7) is 11.0. The maximum atomic E-state index is 12.5. The Bertz CT molecular complexity index is 976. The van der Waals surface area contributed by atoms with Crippen molar-refractivity contribution in [3.63, 3.8) is 0 Å². The van der Waals surface area contributed by atoms with Crippen molar-refractivity contribution in [3.05, 3.63) is 89.9 Å². The lowest BCUT2D eigenvalue weighted by Gasteiger charge is -2.12. The summed E-state index contributed by atoms with van der Waals surface area (Å²) in [5.74, 6) is 0.241. The van der Waals surface area contributed by atoms with Crippen LogP contribution in [0.15, 0.2) is 78.8 Å². The molecule has 0 saturated carbocycles. The number of aryl methyl sites for hydroxylation is 1. The Morgan fingerprint density at radius 2 is 1.85 bits per heavy atom. The molecule has 1 aromatic carbocycles. The standard InChI is InChI=1S/C21H22N2O2S.H2/c1-5-8-17-14-15-20(23-26(24,25)19(7-3)9-6-2)22-21(17)18-12-10-16(4)11-13-18;/h5-15H,2-3H2,1,4H3,(H,22,23);1H/b8-5+,19-9+;. The highest BCUT2D eigenvalue weighted by Crippen LogP contribution is 2.26. The molecule has 0 bridgehead atoms. The van der Waals surface area contributed by atoms with E-state index in [-0.39, 0.29) is 12.1 Å². The maximum Gasteiger partial charge on any atom is 0.263 e. The van der Waals surface area contributed by atoms with Crippen LogP contribution in [0.4, 0.5) is 5.82 Å². The van der Waals surface area contributed by atoms with Gasteiger partial charge in [0.05, 0.1) is 10.6 Å². The third-order valence-corrected chi connectivity index (χ3v) is 5.03. The lowest BCUT2D eigenvalue weighted by molar-refractivity contribution is 0.607. The van der Waals surface area contributed by atoms with Crippen LogP contribution in [0.3, 0.4) is 0 Å². The Balaban J connectivity index is 0.00000364. The number of pyridine rings is 1. The van der Waals surface area contributed by atoms with Crippen LogP contribution in [-0.4, -0.2) is 13.4 Å². The number of benzene rings is 1. The summed E-state index contributed by atoms with van der Waals surface area (Å²) in [4.78, 5) is 4.56. The van der Waals surface area contributed by atoms with Crippen LogP contribution in [0.25, 0.3) is 17.3 Å². The highest BCUT2D eigenvalue weighted by Gasteiger charge is 2.16. The normalized spacial score (nSPS) is 12.2. The number of sulfonamides is 1. The van der Waals surface area contributed by atoms with E-state index in [1.807, 2.05) is 56.3 Å². The Hall–Kier alpha value is -2.92. The molecule has 26 heavy (non-hydrogen) atoms. The predicted molar refractivity (Wildman–Crippen MR) is 112 cm³/mol. The molecule has 1 N–H and O–H groups in total. The van der Waals surface area contributed by atoms with Gasteiger partial charge in [0.2, 0.25) is 0 Å². The molecule has 0 spiro atoms. The summed E-state index contributed by atoms with van der Waals surface area (Å²) in [5, 5.41) is 0. The Morgan fingerprint density at radius 1 is 1.15 bits per heavy atom. The summed E-state index contributed by atoms with van der Waals surface area (Å²) < 4.78 is 27.4. The van der Waals surface area contributed by atoms with Gasteiger partial charge in [-0.05, 0) is 38.1 Å². The van der Waals surface area contributed by atoms with Crippen LogP contribution in [-0.2, 0) is 10.0 Å². The van der Waals surface area contributed by atoms with E-state index in [2.05, 4.69) is 22.9 Å². The van der Waals surface area contributed by atoms with Crippen LogP contribution in [0.2, 0.25) is 0 Å². The first-order valence-corrected chi connectivity index (χ1v) is 9.58. The van der Waals surface area contributed by atoms with Gasteiger partial charge >= 0.3 is 0 Å². The smallest absolute Gasteiger partial charge is 0.263 e. The van der Waals surface area contributed by atoms with E-state index in [0.717, 1.165) is 16.7 Å². The largest absolute Gasteiger partial charge is 0.263 e. The predicted octanol–water partition coefficient (Wildman–Crippen LogP) is 5.33. The molecule has 1 heterocycles. The highest BCUT2D eigenvalue weighted by atomic mass is 32.2. The van der Waals surface area contributed by atoms with Crippen LogP contribution in [0, 0.1) is 6.92 Å². The van der Waals surface area contributed by atoms with Crippen molar-refractivity contribution in [2.45, 2.75) is 13.8 Å². The molecule has 0 atom stereocenters. The monoisotopic (exact) mass is 368 g/mol. The Labute approximate surface area is 156 Å². The Kier molecular flexibility index (Phi) is 6.31. The van der Waals surface area contributed by atoms with Crippen LogP contribution < -0.4 is 4.72 Å². The second kappa shape index (κ2) is 8.45. The van der Waals surface area contributed by atoms with E-state index in [4.69, 9.17) is 0 Å². The van der Waals surface area contributed by atoms with E-state index in [0.29, 0.717) is 5.69 Å². The van der Waals surface area contributed by atoms with E-state index in [1.165, 1.54) is 18.2 Å². The number of allylic oxidation sites excluding steroid dienone is 4. The molecular weight excluding hydrogens is 344 g/mol. The summed E-state index contributed by atoms with van der Waals surface area (Å²) in [7, 11) is -3.78. The molecule has 4 nitrogen and oxygen atoms in total. The van der Waals surface area contributed by atoms with Gasteiger partial charge in [-0.15, -0.1) is 0 Å². The molecule has 0 fully saturated rings. The van der Waals surface area contributed by atoms with Gasteiger partial charge in [-0.2, -0.15) is 0 Å². The van der Waals surface area contributed by atoms with E-state index < -0.39 is 10.0 Å². The van der Waals surface area contributed by atoms with Crippen molar-refractivity contribution in [2.24, 2.45) is 0 Å². The van der Waals surface area contributed by atoms with Gasteiger partial charge in [0.1, 0.15) is 5.82 Å². The first kappa shape index (κ1) is 19.4. The summed E-state index contributed by atoms with van der Waals surface area (Å²) in [6.07, 6.45) is 7.90. The fourth-order valence-corrected chi connectivity index (χ4v) is 3.37. The maximum absolute atomic E-state index is 12.5. The average molecular weight is 369 g/mol. The molecule has 0 radical (unpaired) electrons. The van der Waals surface area contributed by atoms with E-state index in [1.54, 1.807) is 6.07 Å². The third kappa shape index (κ3) is 4.58. The minimum absolute atomic E-state index is 0. The number of anilines is 1. The fraction of sp³-hybridized carbons (Fsp3) is 0.0952. The number of nitrogens with one attached hydrogen (secondary N) is 1. The lowest BCUT2D eigenvalue weighted by Crippen LogP contribution is -2.15. The zero-order chi connectivity index (χ0) is 19.2. The van der Waals surface area contributed by atoms with E-state index in [9.17, 15) is 8.42 Å². The fourth-order valence-electron chi connectivity index (χ4n) is 2.36. The van der Waals surface area contributed by atoms with Crippen LogP contribution in [0.5, 0.6) is 0 Å². The van der Waals surface area contributed by atoms with Crippen molar-refractivity contribution < 1.29 is 9.84 Å². The molecule has 136 valence electrons. The molecule has 1 aromatic heterocycles. The number of rotatable bonds is 7. The summed E-state index contributed by atoms with van der Waals surface area (Å²) >= 11 is 0. The third-order valence-electron chi connectivity index (χ3n) is 3.63.